The van der Waals surface area contributed by atoms with E-state index in [2.05, 4.69) is 5.32 Å². The van der Waals surface area contributed by atoms with Gasteiger partial charge in [-0.1, -0.05) is 6.07 Å². The number of benzene rings is 1. The molecule has 3 heterocycles. The Balaban J connectivity index is 1.11. The molecule has 0 aromatic heterocycles. The van der Waals surface area contributed by atoms with Gasteiger partial charge in [-0.2, -0.15) is 0 Å². The molecule has 7 nitrogen and oxygen atoms in total. The highest BCUT2D eigenvalue weighted by molar-refractivity contribution is 5.79. The van der Waals surface area contributed by atoms with Crippen LogP contribution in [0.4, 0.5) is 9.18 Å². The Morgan fingerprint density at radius 2 is 2.10 bits per heavy atom. The molecule has 2 N–H and O–H groups in total. The zero-order valence-electron chi connectivity index (χ0n) is 16.3. The van der Waals surface area contributed by atoms with Gasteiger partial charge in [0.1, 0.15) is 18.2 Å². The standard InChI is InChI=1S/C21H26FN3O4/c22-15-2-1-3-17(26)14(15)6-13-7-21(8-13)11-25(12-21)20(28)24-5-4-18-16(9-24)23-19(27)10-29-18/h1-3,13,16,18,26H,4-12H2,(H,23,27). The van der Waals surface area contributed by atoms with Crippen molar-refractivity contribution in [2.45, 2.75) is 37.8 Å². The van der Waals surface area contributed by atoms with E-state index in [0.29, 0.717) is 31.0 Å². The van der Waals surface area contributed by atoms with Gasteiger partial charge in [-0.05, 0) is 43.7 Å². The number of phenolic OH excluding ortho intramolecular Hbond substituents is 1. The summed E-state index contributed by atoms with van der Waals surface area (Å²) >= 11 is 0. The summed E-state index contributed by atoms with van der Waals surface area (Å²) in [6.07, 6.45) is 3.20. The van der Waals surface area contributed by atoms with Crippen LogP contribution in [0.25, 0.3) is 0 Å². The Hall–Kier alpha value is -2.35. The van der Waals surface area contributed by atoms with E-state index in [9.17, 15) is 19.1 Å². The second-order valence-electron chi connectivity index (χ2n) is 9.11. The summed E-state index contributed by atoms with van der Waals surface area (Å²) in [6, 6.07) is 4.34. The average molecular weight is 403 g/mol. The molecular formula is C21H26FN3O4. The van der Waals surface area contributed by atoms with Crippen molar-refractivity contribution in [3.8, 4) is 5.75 Å². The minimum Gasteiger partial charge on any atom is -0.508 e. The predicted octanol–water partition coefficient (Wildman–Crippen LogP) is 1.50. The number of ether oxygens (including phenoxy) is 1. The third-order valence-electron chi connectivity index (χ3n) is 6.95. The fourth-order valence-electron chi connectivity index (χ4n) is 5.58. The Morgan fingerprint density at radius 3 is 2.86 bits per heavy atom. The van der Waals surface area contributed by atoms with Crippen molar-refractivity contribution in [3.63, 3.8) is 0 Å². The van der Waals surface area contributed by atoms with Crippen molar-refractivity contribution >= 4 is 11.9 Å². The molecule has 3 amide bonds. The number of morpholine rings is 1. The maximum absolute atomic E-state index is 13.9. The molecule has 4 aliphatic rings. The summed E-state index contributed by atoms with van der Waals surface area (Å²) in [7, 11) is 0. The molecule has 1 spiro atoms. The SMILES string of the molecule is O=C1COC2CCN(C(=O)N3CC4(CC(Cc5c(O)cccc5F)C4)C3)CC2N1. The van der Waals surface area contributed by atoms with Crippen molar-refractivity contribution in [1.82, 2.24) is 15.1 Å². The first kappa shape index (κ1) is 18.7. The molecule has 156 valence electrons. The smallest absolute Gasteiger partial charge is 0.320 e. The van der Waals surface area contributed by atoms with E-state index >= 15 is 0 Å². The molecule has 1 aromatic rings. The minimum absolute atomic E-state index is 0.00155. The van der Waals surface area contributed by atoms with Gasteiger partial charge in [-0.15, -0.1) is 0 Å². The summed E-state index contributed by atoms with van der Waals surface area (Å²) in [5.74, 6) is -0.0950. The number of fused-ring (bicyclic) bond motifs is 1. The van der Waals surface area contributed by atoms with Crippen LogP contribution in [0.1, 0.15) is 24.8 Å². The van der Waals surface area contributed by atoms with Crippen molar-refractivity contribution in [1.29, 1.82) is 0 Å². The highest BCUT2D eigenvalue weighted by Crippen LogP contribution is 2.53. The molecule has 3 saturated heterocycles. The van der Waals surface area contributed by atoms with Crippen molar-refractivity contribution < 1.29 is 23.8 Å². The molecule has 0 radical (unpaired) electrons. The van der Waals surface area contributed by atoms with Gasteiger partial charge < -0.3 is 25.0 Å². The van der Waals surface area contributed by atoms with E-state index in [1.54, 1.807) is 0 Å². The lowest BCUT2D eigenvalue weighted by molar-refractivity contribution is -0.140. The number of carbonyl (C=O) groups is 2. The topological polar surface area (TPSA) is 82.1 Å². The van der Waals surface area contributed by atoms with Crippen molar-refractivity contribution in [3.05, 3.63) is 29.6 Å². The van der Waals surface area contributed by atoms with Gasteiger partial charge in [0.25, 0.3) is 0 Å². The van der Waals surface area contributed by atoms with E-state index in [1.807, 2.05) is 9.80 Å². The summed E-state index contributed by atoms with van der Waals surface area (Å²) < 4.78 is 19.5. The van der Waals surface area contributed by atoms with Gasteiger partial charge >= 0.3 is 6.03 Å². The molecular weight excluding hydrogens is 377 g/mol. The molecule has 2 atom stereocenters. The number of likely N-dealkylation sites (tertiary alicyclic amines) is 2. The quantitative estimate of drug-likeness (QED) is 0.784. The number of piperidine rings is 1. The van der Waals surface area contributed by atoms with Crippen LogP contribution in [0, 0.1) is 17.2 Å². The van der Waals surface area contributed by atoms with Crippen LogP contribution in [-0.4, -0.2) is 71.8 Å². The molecule has 3 aliphatic heterocycles. The first-order chi connectivity index (χ1) is 13.9. The summed E-state index contributed by atoms with van der Waals surface area (Å²) in [6.45, 7) is 2.72. The summed E-state index contributed by atoms with van der Waals surface area (Å²) in [4.78, 5) is 28.1. The van der Waals surface area contributed by atoms with Crippen LogP contribution in [0.3, 0.4) is 0 Å². The van der Waals surface area contributed by atoms with Crippen LogP contribution >= 0.6 is 0 Å². The molecule has 2 unspecified atom stereocenters. The molecule has 5 rings (SSSR count). The lowest BCUT2D eigenvalue weighted by Crippen LogP contribution is -2.68. The zero-order chi connectivity index (χ0) is 20.2. The monoisotopic (exact) mass is 403 g/mol. The molecule has 1 aliphatic carbocycles. The minimum atomic E-state index is -0.349. The normalized spacial score (nSPS) is 28.4. The molecule has 0 bridgehead atoms. The fourth-order valence-corrected chi connectivity index (χ4v) is 5.58. The number of urea groups is 1. The summed E-state index contributed by atoms with van der Waals surface area (Å²) in [5, 5.41) is 12.8. The number of nitrogens with one attached hydrogen (secondary N) is 1. The van der Waals surface area contributed by atoms with E-state index in [0.717, 1.165) is 32.4 Å². The van der Waals surface area contributed by atoms with E-state index in [-0.39, 0.29) is 47.7 Å². The number of amides is 3. The largest absolute Gasteiger partial charge is 0.508 e. The van der Waals surface area contributed by atoms with E-state index in [4.69, 9.17) is 4.74 Å². The lowest BCUT2D eigenvalue weighted by atomic mass is 9.56. The van der Waals surface area contributed by atoms with Crippen LogP contribution in [-0.2, 0) is 16.0 Å². The molecule has 1 saturated carbocycles. The first-order valence-electron chi connectivity index (χ1n) is 10.3. The third-order valence-corrected chi connectivity index (χ3v) is 6.95. The van der Waals surface area contributed by atoms with E-state index < -0.39 is 0 Å². The maximum Gasteiger partial charge on any atom is 0.320 e. The third kappa shape index (κ3) is 3.33. The van der Waals surface area contributed by atoms with Crippen molar-refractivity contribution in [2.75, 3.05) is 32.8 Å². The van der Waals surface area contributed by atoms with Gasteiger partial charge in [0, 0.05) is 37.2 Å². The lowest BCUT2D eigenvalue weighted by Gasteiger charge is -2.60. The number of phenols is 1. The predicted molar refractivity (Wildman–Crippen MR) is 102 cm³/mol. The number of carbonyl (C=O) groups excluding carboxylic acids is 2. The number of hydrogen-bond donors (Lipinski definition) is 2. The highest BCUT2D eigenvalue weighted by Gasteiger charge is 2.54. The number of nitrogens with zero attached hydrogens (tertiary/aromatic N) is 2. The van der Waals surface area contributed by atoms with Crippen LogP contribution in [0.15, 0.2) is 18.2 Å². The maximum atomic E-state index is 13.9. The molecule has 4 fully saturated rings. The Kier molecular flexibility index (Phi) is 4.42. The Bertz CT molecular complexity index is 813. The van der Waals surface area contributed by atoms with Gasteiger partial charge in [0.05, 0.1) is 12.1 Å². The van der Waals surface area contributed by atoms with Gasteiger partial charge in [-0.3, -0.25) is 4.79 Å². The number of aromatic hydroxyl groups is 1. The average Bonchev–Trinajstić information content (AvgIpc) is 2.63. The number of hydrogen-bond acceptors (Lipinski definition) is 4. The zero-order valence-corrected chi connectivity index (χ0v) is 16.3. The van der Waals surface area contributed by atoms with Gasteiger partial charge in [0.15, 0.2) is 0 Å². The van der Waals surface area contributed by atoms with Crippen LogP contribution in [0.5, 0.6) is 5.75 Å². The first-order valence-corrected chi connectivity index (χ1v) is 10.3. The Morgan fingerprint density at radius 1 is 1.31 bits per heavy atom. The van der Waals surface area contributed by atoms with Crippen molar-refractivity contribution in [2.24, 2.45) is 11.3 Å². The highest BCUT2D eigenvalue weighted by atomic mass is 19.1. The second kappa shape index (κ2) is 6.86. The number of halogens is 1. The van der Waals surface area contributed by atoms with Crippen LogP contribution in [0.2, 0.25) is 0 Å². The van der Waals surface area contributed by atoms with Crippen LogP contribution < -0.4 is 5.32 Å². The Labute approximate surface area is 168 Å². The number of rotatable bonds is 2. The molecule has 29 heavy (non-hydrogen) atoms. The van der Waals surface area contributed by atoms with E-state index in [1.165, 1.54) is 18.2 Å². The molecule has 1 aromatic carbocycles. The molecule has 8 heteroatoms. The second-order valence-corrected chi connectivity index (χ2v) is 9.11. The summed E-state index contributed by atoms with van der Waals surface area (Å²) in [5.41, 5.74) is 0.557. The fraction of sp³-hybridized carbons (Fsp3) is 0.619. The van der Waals surface area contributed by atoms with Gasteiger partial charge in [-0.25, -0.2) is 9.18 Å². The van der Waals surface area contributed by atoms with Gasteiger partial charge in [0.2, 0.25) is 5.91 Å².